The predicted octanol–water partition coefficient (Wildman–Crippen LogP) is 3.05. The second-order valence-corrected chi connectivity index (χ2v) is 6.43. The molecule has 0 bridgehead atoms. The predicted molar refractivity (Wildman–Crippen MR) is 82.1 cm³/mol. The lowest BCUT2D eigenvalue weighted by Gasteiger charge is -2.23. The molecule has 5 nitrogen and oxygen atoms in total. The Morgan fingerprint density at radius 3 is 2.62 bits per heavy atom. The summed E-state index contributed by atoms with van der Waals surface area (Å²) in [6.07, 6.45) is 6.23. The standard InChI is InChI=1S/C16H29N3O2/c1-5-10-17-13(12(2)3)11-14-18-15(19-21-14)16(20-4)8-6-7-9-16/h12-13,17H,5-11H2,1-4H3. The van der Waals surface area contributed by atoms with Crippen molar-refractivity contribution in [3.63, 3.8) is 0 Å². The van der Waals surface area contributed by atoms with Gasteiger partial charge in [-0.1, -0.05) is 25.9 Å². The minimum Gasteiger partial charge on any atom is -0.370 e. The van der Waals surface area contributed by atoms with E-state index < -0.39 is 0 Å². The molecule has 1 N–H and O–H groups in total. The molecule has 1 unspecified atom stereocenters. The molecular weight excluding hydrogens is 266 g/mol. The highest BCUT2D eigenvalue weighted by Crippen LogP contribution is 2.40. The first-order valence-corrected chi connectivity index (χ1v) is 8.23. The van der Waals surface area contributed by atoms with Crippen LogP contribution in [0.4, 0.5) is 0 Å². The number of methoxy groups -OCH3 is 1. The Labute approximate surface area is 127 Å². The first-order chi connectivity index (χ1) is 10.1. The largest absolute Gasteiger partial charge is 0.370 e. The lowest BCUT2D eigenvalue weighted by molar-refractivity contribution is -0.0178. The Morgan fingerprint density at radius 2 is 2.05 bits per heavy atom. The van der Waals surface area contributed by atoms with Gasteiger partial charge in [-0.25, -0.2) is 0 Å². The average Bonchev–Trinajstić information content (AvgIpc) is 3.12. The summed E-state index contributed by atoms with van der Waals surface area (Å²) < 4.78 is 11.2. The van der Waals surface area contributed by atoms with Crippen LogP contribution in [0.1, 0.15) is 64.6 Å². The fraction of sp³-hybridized carbons (Fsp3) is 0.875. The van der Waals surface area contributed by atoms with Crippen molar-refractivity contribution >= 4 is 0 Å². The molecule has 0 amide bonds. The average molecular weight is 295 g/mol. The summed E-state index contributed by atoms with van der Waals surface area (Å²) in [5.74, 6) is 1.99. The molecule has 5 heteroatoms. The van der Waals surface area contributed by atoms with Crippen LogP contribution in [-0.2, 0) is 16.8 Å². The topological polar surface area (TPSA) is 60.2 Å². The fourth-order valence-electron chi connectivity index (χ4n) is 3.05. The first kappa shape index (κ1) is 16.4. The second kappa shape index (κ2) is 7.36. The lowest BCUT2D eigenvalue weighted by atomic mass is 10.00. The van der Waals surface area contributed by atoms with Gasteiger partial charge in [0.1, 0.15) is 5.60 Å². The highest BCUT2D eigenvalue weighted by molar-refractivity contribution is 5.05. The second-order valence-electron chi connectivity index (χ2n) is 6.43. The third-order valence-corrected chi connectivity index (χ3v) is 4.53. The summed E-state index contributed by atoms with van der Waals surface area (Å²) in [5.41, 5.74) is -0.314. The van der Waals surface area contributed by atoms with E-state index >= 15 is 0 Å². The normalized spacial score (nSPS) is 19.3. The molecule has 0 aliphatic heterocycles. The number of nitrogens with zero attached hydrogens (tertiary/aromatic N) is 2. The zero-order valence-electron chi connectivity index (χ0n) is 13.8. The van der Waals surface area contributed by atoms with Crippen LogP contribution in [0.2, 0.25) is 0 Å². The molecule has 0 radical (unpaired) electrons. The number of nitrogens with one attached hydrogen (secondary N) is 1. The van der Waals surface area contributed by atoms with E-state index in [9.17, 15) is 0 Å². The Balaban J connectivity index is 2.04. The molecule has 0 aromatic carbocycles. The van der Waals surface area contributed by atoms with E-state index in [0.29, 0.717) is 12.0 Å². The molecule has 1 aliphatic rings. The summed E-state index contributed by atoms with van der Waals surface area (Å²) in [6, 6.07) is 0.375. The van der Waals surface area contributed by atoms with Crippen molar-refractivity contribution in [3.05, 3.63) is 11.7 Å². The molecule has 1 atom stereocenters. The maximum atomic E-state index is 5.71. The van der Waals surface area contributed by atoms with Crippen molar-refractivity contribution in [1.82, 2.24) is 15.5 Å². The van der Waals surface area contributed by atoms with E-state index in [1.807, 2.05) is 0 Å². The number of hydrogen-bond acceptors (Lipinski definition) is 5. The molecule has 1 heterocycles. The van der Waals surface area contributed by atoms with Gasteiger partial charge in [0, 0.05) is 19.6 Å². The van der Waals surface area contributed by atoms with Crippen LogP contribution in [-0.4, -0.2) is 29.8 Å². The summed E-state index contributed by atoms with van der Waals surface area (Å²) in [6.45, 7) is 7.64. The van der Waals surface area contributed by atoms with E-state index in [-0.39, 0.29) is 5.60 Å². The van der Waals surface area contributed by atoms with E-state index in [0.717, 1.165) is 43.9 Å². The molecule has 1 aromatic rings. The quantitative estimate of drug-likeness (QED) is 0.798. The van der Waals surface area contributed by atoms with Gasteiger partial charge in [0.15, 0.2) is 0 Å². The molecule has 0 spiro atoms. The van der Waals surface area contributed by atoms with Gasteiger partial charge in [0.25, 0.3) is 0 Å². The number of rotatable bonds is 8. The van der Waals surface area contributed by atoms with Crippen LogP contribution < -0.4 is 5.32 Å². The van der Waals surface area contributed by atoms with Gasteiger partial charge < -0.3 is 14.6 Å². The Morgan fingerprint density at radius 1 is 1.33 bits per heavy atom. The van der Waals surface area contributed by atoms with Crippen LogP contribution in [0, 0.1) is 5.92 Å². The molecular formula is C16H29N3O2. The zero-order valence-corrected chi connectivity index (χ0v) is 13.8. The van der Waals surface area contributed by atoms with Crippen molar-refractivity contribution in [2.45, 2.75) is 70.9 Å². The summed E-state index contributed by atoms with van der Waals surface area (Å²) in [7, 11) is 1.75. The van der Waals surface area contributed by atoms with Crippen molar-refractivity contribution in [1.29, 1.82) is 0 Å². The molecule has 1 aliphatic carbocycles. The monoisotopic (exact) mass is 295 g/mol. The maximum Gasteiger partial charge on any atom is 0.228 e. The van der Waals surface area contributed by atoms with Crippen LogP contribution in [0.15, 0.2) is 4.52 Å². The number of ether oxygens (including phenoxy) is 1. The summed E-state index contributed by atoms with van der Waals surface area (Å²) in [5, 5.41) is 7.76. The maximum absolute atomic E-state index is 5.71. The van der Waals surface area contributed by atoms with E-state index in [2.05, 4.69) is 36.2 Å². The number of hydrogen-bond donors (Lipinski definition) is 1. The minimum absolute atomic E-state index is 0.314. The summed E-state index contributed by atoms with van der Waals surface area (Å²) in [4.78, 5) is 4.62. The molecule has 1 fully saturated rings. The van der Waals surface area contributed by atoms with Gasteiger partial charge in [-0.2, -0.15) is 4.98 Å². The van der Waals surface area contributed by atoms with Crippen molar-refractivity contribution < 1.29 is 9.26 Å². The third kappa shape index (κ3) is 3.83. The molecule has 1 saturated carbocycles. The van der Waals surface area contributed by atoms with E-state index in [1.165, 1.54) is 12.8 Å². The van der Waals surface area contributed by atoms with Crippen LogP contribution >= 0.6 is 0 Å². The zero-order chi connectivity index (χ0) is 15.3. The van der Waals surface area contributed by atoms with Crippen LogP contribution in [0.3, 0.4) is 0 Å². The molecule has 120 valence electrons. The van der Waals surface area contributed by atoms with Gasteiger partial charge in [-0.3, -0.25) is 0 Å². The Kier molecular flexibility index (Phi) is 5.76. The van der Waals surface area contributed by atoms with Crippen LogP contribution in [0.25, 0.3) is 0 Å². The van der Waals surface area contributed by atoms with Gasteiger partial charge >= 0.3 is 0 Å². The van der Waals surface area contributed by atoms with Crippen molar-refractivity contribution in [2.75, 3.05) is 13.7 Å². The van der Waals surface area contributed by atoms with Gasteiger partial charge in [-0.15, -0.1) is 0 Å². The van der Waals surface area contributed by atoms with Crippen molar-refractivity contribution in [2.24, 2.45) is 5.92 Å². The van der Waals surface area contributed by atoms with Gasteiger partial charge in [0.05, 0.1) is 0 Å². The number of aromatic nitrogens is 2. The minimum atomic E-state index is -0.314. The molecule has 21 heavy (non-hydrogen) atoms. The smallest absolute Gasteiger partial charge is 0.228 e. The van der Waals surface area contributed by atoms with E-state index in [4.69, 9.17) is 9.26 Å². The SMILES string of the molecule is CCCNC(Cc1nc(C2(OC)CCCC2)no1)C(C)C. The fourth-order valence-corrected chi connectivity index (χ4v) is 3.05. The lowest BCUT2D eigenvalue weighted by Crippen LogP contribution is -2.36. The third-order valence-electron chi connectivity index (χ3n) is 4.53. The van der Waals surface area contributed by atoms with Crippen molar-refractivity contribution in [3.8, 4) is 0 Å². The van der Waals surface area contributed by atoms with Gasteiger partial charge in [0.2, 0.25) is 11.7 Å². The van der Waals surface area contributed by atoms with Crippen LogP contribution in [0.5, 0.6) is 0 Å². The Hall–Kier alpha value is -0.940. The van der Waals surface area contributed by atoms with E-state index in [1.54, 1.807) is 7.11 Å². The molecule has 1 aromatic heterocycles. The highest BCUT2D eigenvalue weighted by atomic mass is 16.5. The Bertz CT molecular complexity index is 425. The highest BCUT2D eigenvalue weighted by Gasteiger charge is 2.40. The molecule has 0 saturated heterocycles. The molecule has 2 rings (SSSR count). The summed E-state index contributed by atoms with van der Waals surface area (Å²) >= 11 is 0. The first-order valence-electron chi connectivity index (χ1n) is 8.23. The van der Waals surface area contributed by atoms with Gasteiger partial charge in [-0.05, 0) is 44.6 Å².